The average molecular weight is 460 g/mol. The number of carbonyl (C=O) groups excluding carboxylic acids is 2. The second-order valence-electron chi connectivity index (χ2n) is 6.59. The second-order valence-corrected chi connectivity index (χ2v) is 7.64. The Morgan fingerprint density at radius 2 is 1.56 bits per heavy atom. The van der Waals surface area contributed by atoms with Crippen LogP contribution in [0.5, 0.6) is 5.75 Å². The minimum atomic E-state index is -4.55. The molecule has 3 aromatic carbocycles. The zero-order valence-corrected chi connectivity index (χ0v) is 17.7. The van der Waals surface area contributed by atoms with Gasteiger partial charge in [0.2, 0.25) is 5.91 Å². The molecule has 3 rings (SSSR count). The Morgan fingerprint density at radius 1 is 0.906 bits per heavy atom. The fourth-order valence-electron chi connectivity index (χ4n) is 2.75. The summed E-state index contributed by atoms with van der Waals surface area (Å²) in [6.07, 6.45) is -4.55. The standard InChI is InChI=1S/C23H19F3N2O3S/c1-31-17-10-6-15(7-11-17)22(30)27-16-8-12-18(13-9-16)32-14-21(29)28-20-5-3-2-4-19(20)23(24,25)26/h2-13H,14H2,1H3,(H,27,30)(H,28,29). The number of halogens is 3. The second kappa shape index (κ2) is 10.2. The summed E-state index contributed by atoms with van der Waals surface area (Å²) in [5, 5.41) is 5.07. The van der Waals surface area contributed by atoms with E-state index >= 15 is 0 Å². The highest BCUT2D eigenvalue weighted by atomic mass is 32.2. The molecule has 9 heteroatoms. The molecule has 0 radical (unpaired) electrons. The Labute approximate surface area is 187 Å². The number of thioether (sulfide) groups is 1. The molecule has 0 aromatic heterocycles. The van der Waals surface area contributed by atoms with Gasteiger partial charge in [0.15, 0.2) is 0 Å². The Hall–Kier alpha value is -3.46. The number of hydrogen-bond donors (Lipinski definition) is 2. The van der Waals surface area contributed by atoms with Crippen LogP contribution in [-0.4, -0.2) is 24.7 Å². The van der Waals surface area contributed by atoms with Crippen LogP contribution < -0.4 is 15.4 Å². The van der Waals surface area contributed by atoms with Crippen molar-refractivity contribution in [3.63, 3.8) is 0 Å². The molecule has 0 aliphatic heterocycles. The number of amides is 2. The molecule has 0 aliphatic carbocycles. The molecule has 166 valence electrons. The molecule has 0 fully saturated rings. The molecular formula is C23H19F3N2O3S. The van der Waals surface area contributed by atoms with Crippen molar-refractivity contribution in [1.82, 2.24) is 0 Å². The molecule has 32 heavy (non-hydrogen) atoms. The number of nitrogens with one attached hydrogen (secondary N) is 2. The topological polar surface area (TPSA) is 67.4 Å². The maximum absolute atomic E-state index is 13.0. The monoisotopic (exact) mass is 460 g/mol. The lowest BCUT2D eigenvalue weighted by molar-refractivity contribution is -0.137. The highest BCUT2D eigenvalue weighted by Gasteiger charge is 2.33. The average Bonchev–Trinajstić information content (AvgIpc) is 2.78. The summed E-state index contributed by atoms with van der Waals surface area (Å²) in [6.45, 7) is 0. The van der Waals surface area contributed by atoms with Gasteiger partial charge in [0, 0.05) is 16.1 Å². The van der Waals surface area contributed by atoms with Crippen LogP contribution in [0.25, 0.3) is 0 Å². The van der Waals surface area contributed by atoms with Gasteiger partial charge < -0.3 is 15.4 Å². The van der Waals surface area contributed by atoms with E-state index < -0.39 is 17.6 Å². The first kappa shape index (κ1) is 23.2. The molecule has 2 amide bonds. The van der Waals surface area contributed by atoms with Gasteiger partial charge in [-0.1, -0.05) is 12.1 Å². The predicted molar refractivity (Wildman–Crippen MR) is 118 cm³/mol. The lowest BCUT2D eigenvalue weighted by Crippen LogP contribution is -2.18. The zero-order chi connectivity index (χ0) is 23.1. The number of anilines is 2. The highest BCUT2D eigenvalue weighted by molar-refractivity contribution is 8.00. The minimum absolute atomic E-state index is 0.0657. The molecule has 0 heterocycles. The van der Waals surface area contributed by atoms with Crippen LogP contribution in [0.3, 0.4) is 0 Å². The summed E-state index contributed by atoms with van der Waals surface area (Å²) < 4.78 is 44.1. The third-order valence-corrected chi connectivity index (χ3v) is 5.35. The fourth-order valence-corrected chi connectivity index (χ4v) is 3.45. The Kier molecular flexibility index (Phi) is 7.42. The van der Waals surface area contributed by atoms with Gasteiger partial charge >= 0.3 is 6.18 Å². The van der Waals surface area contributed by atoms with Crippen LogP contribution >= 0.6 is 11.8 Å². The minimum Gasteiger partial charge on any atom is -0.497 e. The number of methoxy groups -OCH3 is 1. The van der Waals surface area contributed by atoms with Crippen LogP contribution in [-0.2, 0) is 11.0 Å². The molecule has 0 bridgehead atoms. The van der Waals surface area contributed by atoms with E-state index in [1.165, 1.54) is 30.0 Å². The number of carbonyl (C=O) groups is 2. The maximum atomic E-state index is 13.0. The van der Waals surface area contributed by atoms with Gasteiger partial charge in [-0.05, 0) is 60.7 Å². The van der Waals surface area contributed by atoms with Crippen LogP contribution in [0.2, 0.25) is 0 Å². The van der Waals surface area contributed by atoms with Gasteiger partial charge in [0.05, 0.1) is 24.1 Å². The Bertz CT molecular complexity index is 1080. The first-order chi connectivity index (χ1) is 15.3. The first-order valence-corrected chi connectivity index (χ1v) is 10.4. The van der Waals surface area contributed by atoms with Crippen molar-refractivity contribution in [2.75, 3.05) is 23.5 Å². The van der Waals surface area contributed by atoms with Crippen molar-refractivity contribution in [2.24, 2.45) is 0 Å². The van der Waals surface area contributed by atoms with Gasteiger partial charge in [-0.3, -0.25) is 9.59 Å². The quantitative estimate of drug-likeness (QED) is 0.444. The third kappa shape index (κ3) is 6.27. The van der Waals surface area contributed by atoms with E-state index in [0.29, 0.717) is 17.0 Å². The summed E-state index contributed by atoms with van der Waals surface area (Å²) in [6, 6.07) is 18.3. The number of para-hydroxylation sites is 1. The molecule has 0 aliphatic rings. The molecule has 0 spiro atoms. The molecule has 0 saturated carbocycles. The summed E-state index contributed by atoms with van der Waals surface area (Å²) >= 11 is 1.17. The smallest absolute Gasteiger partial charge is 0.418 e. The van der Waals surface area contributed by atoms with Crippen LogP contribution in [0.4, 0.5) is 24.5 Å². The summed E-state index contributed by atoms with van der Waals surface area (Å²) in [7, 11) is 1.54. The molecule has 0 saturated heterocycles. The van der Waals surface area contributed by atoms with E-state index in [-0.39, 0.29) is 17.3 Å². The zero-order valence-electron chi connectivity index (χ0n) is 16.9. The summed E-state index contributed by atoms with van der Waals surface area (Å²) in [4.78, 5) is 25.1. The van der Waals surface area contributed by atoms with Gasteiger partial charge in [-0.2, -0.15) is 13.2 Å². The maximum Gasteiger partial charge on any atom is 0.418 e. The van der Waals surface area contributed by atoms with E-state index in [2.05, 4.69) is 10.6 Å². The van der Waals surface area contributed by atoms with Crippen molar-refractivity contribution in [2.45, 2.75) is 11.1 Å². The van der Waals surface area contributed by atoms with Crippen LogP contribution in [0, 0.1) is 0 Å². The third-order valence-electron chi connectivity index (χ3n) is 4.34. The van der Waals surface area contributed by atoms with Crippen molar-refractivity contribution in [3.05, 3.63) is 83.9 Å². The first-order valence-electron chi connectivity index (χ1n) is 9.40. The van der Waals surface area contributed by atoms with Crippen LogP contribution in [0.1, 0.15) is 15.9 Å². The number of hydrogen-bond acceptors (Lipinski definition) is 4. The Morgan fingerprint density at radius 3 is 2.19 bits per heavy atom. The molecule has 3 aromatic rings. The van der Waals surface area contributed by atoms with Gasteiger partial charge in [0.1, 0.15) is 5.75 Å². The number of rotatable bonds is 7. The molecule has 2 N–H and O–H groups in total. The highest BCUT2D eigenvalue weighted by Crippen LogP contribution is 2.34. The summed E-state index contributed by atoms with van der Waals surface area (Å²) in [5.41, 5.74) is -0.128. The molecule has 0 unspecified atom stereocenters. The van der Waals surface area contributed by atoms with E-state index in [9.17, 15) is 22.8 Å². The van der Waals surface area contributed by atoms with E-state index in [1.54, 1.807) is 55.6 Å². The van der Waals surface area contributed by atoms with Crippen LogP contribution in [0.15, 0.2) is 77.7 Å². The van der Waals surface area contributed by atoms with E-state index in [0.717, 1.165) is 11.0 Å². The summed E-state index contributed by atoms with van der Waals surface area (Å²) in [5.74, 6) is -0.253. The van der Waals surface area contributed by atoms with Gasteiger partial charge in [-0.25, -0.2) is 0 Å². The van der Waals surface area contributed by atoms with Crippen molar-refractivity contribution >= 4 is 35.0 Å². The normalized spacial score (nSPS) is 11.0. The number of benzene rings is 3. The van der Waals surface area contributed by atoms with Gasteiger partial charge in [-0.15, -0.1) is 11.8 Å². The fraction of sp³-hybridized carbons (Fsp3) is 0.130. The number of ether oxygens (including phenoxy) is 1. The van der Waals surface area contributed by atoms with E-state index in [1.807, 2.05) is 0 Å². The van der Waals surface area contributed by atoms with Crippen molar-refractivity contribution < 1.29 is 27.5 Å². The Balaban J connectivity index is 1.53. The molecule has 5 nitrogen and oxygen atoms in total. The molecular weight excluding hydrogens is 441 g/mol. The van der Waals surface area contributed by atoms with Crippen molar-refractivity contribution in [3.8, 4) is 5.75 Å². The predicted octanol–water partition coefficient (Wildman–Crippen LogP) is 5.70. The van der Waals surface area contributed by atoms with Gasteiger partial charge in [0.25, 0.3) is 5.91 Å². The lowest BCUT2D eigenvalue weighted by atomic mass is 10.1. The SMILES string of the molecule is COc1ccc(C(=O)Nc2ccc(SCC(=O)Nc3ccccc3C(F)(F)F)cc2)cc1. The largest absolute Gasteiger partial charge is 0.497 e. The van der Waals surface area contributed by atoms with Crippen molar-refractivity contribution in [1.29, 1.82) is 0 Å². The van der Waals surface area contributed by atoms with E-state index in [4.69, 9.17) is 4.74 Å². The number of alkyl halides is 3. The lowest BCUT2D eigenvalue weighted by Gasteiger charge is -2.13. The molecule has 0 atom stereocenters.